The van der Waals surface area contributed by atoms with Crippen LogP contribution < -0.4 is 10.3 Å². The second-order valence-corrected chi connectivity index (χ2v) is 6.83. The van der Waals surface area contributed by atoms with Gasteiger partial charge in [0.05, 0.1) is 16.8 Å². The number of aliphatic hydroxyl groups is 1. The second kappa shape index (κ2) is 8.20. The molecule has 3 aromatic rings. The summed E-state index contributed by atoms with van der Waals surface area (Å²) in [4.78, 5) is 12.2. The van der Waals surface area contributed by atoms with Crippen LogP contribution in [0.3, 0.4) is 0 Å². The first-order valence-electron chi connectivity index (χ1n) is 8.21. The summed E-state index contributed by atoms with van der Waals surface area (Å²) in [5.41, 5.74) is 0.276. The fraction of sp³-hybridized carbons (Fsp3) is 0.150. The van der Waals surface area contributed by atoms with E-state index in [1.165, 1.54) is 22.8 Å². The van der Waals surface area contributed by atoms with Gasteiger partial charge in [0, 0.05) is 29.0 Å². The van der Waals surface area contributed by atoms with Gasteiger partial charge in [0.25, 0.3) is 5.56 Å². The fourth-order valence-electron chi connectivity index (χ4n) is 2.77. The summed E-state index contributed by atoms with van der Waals surface area (Å²) in [5.74, 6) is -2.33. The predicted molar refractivity (Wildman–Crippen MR) is 101 cm³/mol. The predicted octanol–water partition coefficient (Wildman–Crippen LogP) is 4.40. The van der Waals surface area contributed by atoms with Gasteiger partial charge >= 0.3 is 0 Å². The highest BCUT2D eigenvalue weighted by Gasteiger charge is 2.20. The van der Waals surface area contributed by atoms with Crippen molar-refractivity contribution in [3.05, 3.63) is 91.6 Å². The molecule has 28 heavy (non-hydrogen) atoms. The molecule has 1 heterocycles. The van der Waals surface area contributed by atoms with Crippen LogP contribution in [0.5, 0.6) is 5.75 Å². The molecule has 0 amide bonds. The van der Waals surface area contributed by atoms with Crippen LogP contribution in [-0.4, -0.2) is 9.67 Å². The molecule has 146 valence electrons. The number of pyridine rings is 1. The van der Waals surface area contributed by atoms with E-state index in [1.54, 1.807) is 19.1 Å². The van der Waals surface area contributed by atoms with Gasteiger partial charge < -0.3 is 9.84 Å². The minimum absolute atomic E-state index is 0.0332. The van der Waals surface area contributed by atoms with Gasteiger partial charge in [-0.05, 0) is 47.1 Å². The van der Waals surface area contributed by atoms with Gasteiger partial charge in [-0.1, -0.05) is 6.07 Å². The molecule has 0 aliphatic rings. The first kappa shape index (κ1) is 20.2. The van der Waals surface area contributed by atoms with Gasteiger partial charge in [0.1, 0.15) is 24.0 Å². The number of benzene rings is 2. The monoisotopic (exact) mass is 453 g/mol. The Labute approximate surface area is 167 Å². The average Bonchev–Trinajstić information content (AvgIpc) is 2.65. The van der Waals surface area contributed by atoms with Crippen LogP contribution in [0.4, 0.5) is 13.2 Å². The Bertz CT molecular complexity index is 1100. The van der Waals surface area contributed by atoms with Crippen LogP contribution in [0.15, 0.2) is 51.7 Å². The van der Waals surface area contributed by atoms with E-state index >= 15 is 0 Å². The van der Waals surface area contributed by atoms with Crippen LogP contribution in [0.2, 0.25) is 0 Å². The van der Waals surface area contributed by atoms with Gasteiger partial charge in [-0.2, -0.15) is 0 Å². The van der Waals surface area contributed by atoms with E-state index in [-0.39, 0.29) is 33.6 Å². The zero-order chi connectivity index (χ0) is 20.4. The lowest BCUT2D eigenvalue weighted by Gasteiger charge is -2.18. The number of hydrogen-bond donors (Lipinski definition) is 1. The average molecular weight is 454 g/mol. The maximum absolute atomic E-state index is 15.0. The van der Waals surface area contributed by atoms with Gasteiger partial charge in [-0.3, -0.25) is 9.36 Å². The molecule has 0 spiro atoms. The Morgan fingerprint density at radius 3 is 2.50 bits per heavy atom. The molecule has 0 unspecified atom stereocenters. The number of aromatic nitrogens is 1. The molecular weight excluding hydrogens is 439 g/mol. The van der Waals surface area contributed by atoms with Crippen molar-refractivity contribution in [2.75, 3.05) is 0 Å². The fourth-order valence-corrected chi connectivity index (χ4v) is 3.35. The lowest BCUT2D eigenvalue weighted by atomic mass is 10.1. The van der Waals surface area contributed by atoms with Crippen molar-refractivity contribution < 1.29 is 23.0 Å². The maximum Gasteiger partial charge on any atom is 0.255 e. The number of hydrogen-bond acceptors (Lipinski definition) is 3. The number of rotatable bonds is 5. The third kappa shape index (κ3) is 3.83. The molecule has 0 radical (unpaired) electrons. The van der Waals surface area contributed by atoms with Crippen molar-refractivity contribution in [1.29, 1.82) is 0 Å². The van der Waals surface area contributed by atoms with E-state index in [1.807, 2.05) is 0 Å². The smallest absolute Gasteiger partial charge is 0.255 e. The van der Waals surface area contributed by atoms with Crippen LogP contribution in [0.25, 0.3) is 5.69 Å². The molecule has 0 aliphatic heterocycles. The van der Waals surface area contributed by atoms with E-state index in [0.29, 0.717) is 5.69 Å². The highest BCUT2D eigenvalue weighted by molar-refractivity contribution is 9.10. The highest BCUT2D eigenvalue weighted by Crippen LogP contribution is 2.36. The van der Waals surface area contributed by atoms with Gasteiger partial charge in [0.15, 0.2) is 5.82 Å². The topological polar surface area (TPSA) is 51.5 Å². The van der Waals surface area contributed by atoms with Crippen molar-refractivity contribution in [3.8, 4) is 11.4 Å². The molecule has 3 rings (SSSR count). The summed E-state index contributed by atoms with van der Waals surface area (Å²) in [6, 6.07) is 8.81. The molecule has 0 saturated heterocycles. The number of aliphatic hydroxyl groups excluding tert-OH is 1. The van der Waals surface area contributed by atoms with E-state index in [9.17, 15) is 23.1 Å². The summed E-state index contributed by atoms with van der Waals surface area (Å²) < 4.78 is 48.4. The lowest BCUT2D eigenvalue weighted by molar-refractivity contribution is 0.255. The standard InChI is InChI=1S/C20H15BrF3NO3/c1-11-3-2-4-17(27)25(11)16-7-13(9-26)20(18(21)19(16)24)28-10-12-5-6-14(22)8-15(12)23/h2-8,26H,9-10H2,1H3. The molecule has 0 saturated carbocycles. The second-order valence-electron chi connectivity index (χ2n) is 6.04. The molecule has 1 N–H and O–H groups in total. The molecule has 0 fully saturated rings. The third-order valence-electron chi connectivity index (χ3n) is 4.17. The summed E-state index contributed by atoms with van der Waals surface area (Å²) in [6.07, 6.45) is 0. The quantitative estimate of drug-likeness (QED) is 0.622. The summed E-state index contributed by atoms with van der Waals surface area (Å²) >= 11 is 3.09. The molecule has 4 nitrogen and oxygen atoms in total. The molecule has 2 aromatic carbocycles. The summed E-state index contributed by atoms with van der Waals surface area (Å²) in [7, 11) is 0. The Kier molecular flexibility index (Phi) is 5.90. The minimum Gasteiger partial charge on any atom is -0.487 e. The van der Waals surface area contributed by atoms with E-state index in [0.717, 1.165) is 12.1 Å². The normalized spacial score (nSPS) is 10.9. The Morgan fingerprint density at radius 1 is 1.11 bits per heavy atom. The zero-order valence-electron chi connectivity index (χ0n) is 14.7. The summed E-state index contributed by atoms with van der Waals surface area (Å²) in [6.45, 7) is 0.837. The number of ether oxygens (including phenoxy) is 1. The lowest BCUT2D eigenvalue weighted by Crippen LogP contribution is -2.20. The zero-order valence-corrected chi connectivity index (χ0v) is 16.3. The van der Waals surface area contributed by atoms with Crippen LogP contribution in [0, 0.1) is 24.4 Å². The maximum atomic E-state index is 15.0. The molecule has 1 aromatic heterocycles. The molecule has 0 bridgehead atoms. The van der Waals surface area contributed by atoms with E-state index in [2.05, 4.69) is 15.9 Å². The Hall–Kier alpha value is -2.58. The van der Waals surface area contributed by atoms with Gasteiger partial charge in [0.2, 0.25) is 0 Å². The van der Waals surface area contributed by atoms with Crippen molar-refractivity contribution in [1.82, 2.24) is 4.57 Å². The molecule has 8 heteroatoms. The highest BCUT2D eigenvalue weighted by atomic mass is 79.9. The van der Waals surface area contributed by atoms with Gasteiger partial charge in [-0.15, -0.1) is 0 Å². The van der Waals surface area contributed by atoms with Crippen molar-refractivity contribution >= 4 is 15.9 Å². The van der Waals surface area contributed by atoms with Gasteiger partial charge in [-0.25, -0.2) is 13.2 Å². The van der Waals surface area contributed by atoms with E-state index in [4.69, 9.17) is 4.74 Å². The molecule has 0 aliphatic carbocycles. The van der Waals surface area contributed by atoms with E-state index < -0.39 is 29.6 Å². The first-order chi connectivity index (χ1) is 13.3. The van der Waals surface area contributed by atoms with Crippen molar-refractivity contribution in [2.24, 2.45) is 0 Å². The first-order valence-corrected chi connectivity index (χ1v) is 9.00. The SMILES string of the molecule is Cc1cccc(=O)n1-c1cc(CO)c(OCc2ccc(F)cc2F)c(Br)c1F. The molecule has 0 atom stereocenters. The third-order valence-corrected chi connectivity index (χ3v) is 4.88. The Morgan fingerprint density at radius 2 is 1.86 bits per heavy atom. The number of aryl methyl sites for hydroxylation is 1. The van der Waals surface area contributed by atoms with Crippen molar-refractivity contribution in [3.63, 3.8) is 0 Å². The largest absolute Gasteiger partial charge is 0.487 e. The summed E-state index contributed by atoms with van der Waals surface area (Å²) in [5, 5.41) is 9.70. The number of halogens is 4. The minimum atomic E-state index is -0.801. The molecular formula is C20H15BrF3NO3. The Balaban J connectivity index is 2.04. The number of nitrogens with zero attached hydrogens (tertiary/aromatic N) is 1. The van der Waals surface area contributed by atoms with Crippen molar-refractivity contribution in [2.45, 2.75) is 20.1 Å². The van der Waals surface area contributed by atoms with Crippen LogP contribution in [0.1, 0.15) is 16.8 Å². The van der Waals surface area contributed by atoms with Crippen LogP contribution >= 0.6 is 15.9 Å². The van der Waals surface area contributed by atoms with Crippen LogP contribution in [-0.2, 0) is 13.2 Å².